The molecule has 0 aliphatic rings. The van der Waals surface area contributed by atoms with Gasteiger partial charge in [-0.1, -0.05) is 67.5 Å². The number of hydrogen-bond acceptors (Lipinski definition) is 5. The number of anilines is 1. The van der Waals surface area contributed by atoms with Crippen molar-refractivity contribution in [1.82, 2.24) is 4.31 Å². The molecule has 1 N–H and O–H groups in total. The Balaban J connectivity index is 2.15. The fraction of sp³-hybridized carbons (Fsp3) is 0.481. The molecule has 1 amide bonds. The number of ether oxygens (including phenoxy) is 1. The van der Waals surface area contributed by atoms with Gasteiger partial charge in [-0.3, -0.25) is 4.79 Å². The van der Waals surface area contributed by atoms with Crippen molar-refractivity contribution in [3.63, 3.8) is 0 Å². The molecule has 2 rings (SSSR count). The summed E-state index contributed by atoms with van der Waals surface area (Å²) in [6.45, 7) is 16.2. The molecule has 0 fully saturated rings. The molecule has 0 bridgehead atoms. The van der Waals surface area contributed by atoms with E-state index in [1.165, 1.54) is 16.4 Å². The van der Waals surface area contributed by atoms with Gasteiger partial charge in [0.05, 0.1) is 10.5 Å². The van der Waals surface area contributed by atoms with Crippen molar-refractivity contribution in [3.8, 4) is 0 Å². The number of hydrogen-bond donors (Lipinski definition) is 1. The number of amides is 1. The molecular formula is C27H38N2O5S. The first-order chi connectivity index (χ1) is 16.1. The summed E-state index contributed by atoms with van der Waals surface area (Å²) < 4.78 is 32.1. The second kappa shape index (κ2) is 10.9. The van der Waals surface area contributed by atoms with Gasteiger partial charge >= 0.3 is 5.97 Å². The molecule has 0 saturated carbocycles. The lowest BCUT2D eigenvalue weighted by molar-refractivity contribution is -0.119. The van der Waals surface area contributed by atoms with Gasteiger partial charge in [0.25, 0.3) is 5.91 Å². The molecule has 8 heteroatoms. The molecule has 0 saturated heterocycles. The SMILES string of the molecule is CCN(CC)S(=O)(=O)c1cccc(NC(=O)COC(=O)c2cc(C(C)(C)C)cc(C(C)(C)C)c2)c1. The van der Waals surface area contributed by atoms with Crippen molar-refractivity contribution in [2.45, 2.75) is 71.1 Å². The van der Waals surface area contributed by atoms with Crippen LogP contribution in [-0.4, -0.2) is 44.3 Å². The van der Waals surface area contributed by atoms with Gasteiger partial charge in [-0.05, 0) is 52.3 Å². The fourth-order valence-electron chi connectivity index (χ4n) is 3.47. The summed E-state index contributed by atoms with van der Waals surface area (Å²) in [7, 11) is -3.66. The monoisotopic (exact) mass is 502 g/mol. The van der Waals surface area contributed by atoms with Gasteiger partial charge < -0.3 is 10.1 Å². The lowest BCUT2D eigenvalue weighted by Crippen LogP contribution is -2.30. The number of rotatable bonds is 8. The maximum absolute atomic E-state index is 12.8. The van der Waals surface area contributed by atoms with Crippen LogP contribution in [-0.2, 0) is 30.4 Å². The van der Waals surface area contributed by atoms with E-state index in [1.54, 1.807) is 38.1 Å². The molecule has 0 spiro atoms. The second-order valence-electron chi connectivity index (χ2n) is 10.5. The Morgan fingerprint density at radius 3 is 1.91 bits per heavy atom. The third-order valence-electron chi connectivity index (χ3n) is 5.70. The highest BCUT2D eigenvalue weighted by molar-refractivity contribution is 7.89. The summed E-state index contributed by atoms with van der Waals surface area (Å²) in [6.07, 6.45) is 0. The number of benzene rings is 2. The van der Waals surface area contributed by atoms with Gasteiger partial charge in [0.15, 0.2) is 6.61 Å². The lowest BCUT2D eigenvalue weighted by atomic mass is 9.79. The molecule has 7 nitrogen and oxygen atoms in total. The van der Waals surface area contributed by atoms with E-state index in [4.69, 9.17) is 4.74 Å². The van der Waals surface area contributed by atoms with Crippen LogP contribution in [0, 0.1) is 0 Å². The lowest BCUT2D eigenvalue weighted by Gasteiger charge is -2.25. The first-order valence-electron chi connectivity index (χ1n) is 11.8. The Bertz CT molecular complexity index is 1140. The Labute approximate surface area is 209 Å². The van der Waals surface area contributed by atoms with Crippen LogP contribution in [0.2, 0.25) is 0 Å². The molecule has 2 aromatic carbocycles. The van der Waals surface area contributed by atoms with Crippen LogP contribution < -0.4 is 5.32 Å². The fourth-order valence-corrected chi connectivity index (χ4v) is 4.97. The Morgan fingerprint density at radius 2 is 1.43 bits per heavy atom. The van der Waals surface area contributed by atoms with E-state index in [0.717, 1.165) is 11.1 Å². The first kappa shape index (κ1) is 28.5. The highest BCUT2D eigenvalue weighted by Gasteiger charge is 2.24. The molecule has 0 aromatic heterocycles. The van der Waals surface area contributed by atoms with Gasteiger partial charge in [-0.2, -0.15) is 4.31 Å². The van der Waals surface area contributed by atoms with Crippen LogP contribution >= 0.6 is 0 Å². The van der Waals surface area contributed by atoms with Crippen molar-refractivity contribution in [2.24, 2.45) is 0 Å². The number of esters is 1. The summed E-state index contributed by atoms with van der Waals surface area (Å²) >= 11 is 0. The average Bonchev–Trinajstić information content (AvgIpc) is 2.76. The summed E-state index contributed by atoms with van der Waals surface area (Å²) in [5.74, 6) is -1.15. The second-order valence-corrected chi connectivity index (χ2v) is 12.5. The predicted molar refractivity (Wildman–Crippen MR) is 139 cm³/mol. The maximum Gasteiger partial charge on any atom is 0.338 e. The molecule has 0 aliphatic carbocycles. The maximum atomic E-state index is 12.8. The van der Waals surface area contributed by atoms with Crippen molar-refractivity contribution in [3.05, 3.63) is 59.2 Å². The quantitative estimate of drug-likeness (QED) is 0.507. The van der Waals surface area contributed by atoms with Crippen LogP contribution in [0.3, 0.4) is 0 Å². The largest absolute Gasteiger partial charge is 0.452 e. The molecule has 0 unspecified atom stereocenters. The number of carbonyl (C=O) groups is 2. The molecule has 2 aromatic rings. The smallest absolute Gasteiger partial charge is 0.338 e. The molecule has 0 aliphatic heterocycles. The van der Waals surface area contributed by atoms with Gasteiger partial charge in [-0.15, -0.1) is 0 Å². The van der Waals surface area contributed by atoms with E-state index < -0.39 is 28.5 Å². The normalized spacial score (nSPS) is 12.5. The van der Waals surface area contributed by atoms with E-state index in [9.17, 15) is 18.0 Å². The van der Waals surface area contributed by atoms with Crippen LogP contribution in [0.4, 0.5) is 5.69 Å². The topological polar surface area (TPSA) is 92.8 Å². The summed E-state index contributed by atoms with van der Waals surface area (Å²) in [5.41, 5.74) is 2.39. The number of sulfonamides is 1. The van der Waals surface area contributed by atoms with Gasteiger partial charge in [0.2, 0.25) is 10.0 Å². The van der Waals surface area contributed by atoms with Crippen LogP contribution in [0.1, 0.15) is 76.9 Å². The number of carbonyl (C=O) groups excluding carboxylic acids is 2. The zero-order chi connectivity index (χ0) is 26.6. The van der Waals surface area contributed by atoms with Crippen LogP contribution in [0.5, 0.6) is 0 Å². The van der Waals surface area contributed by atoms with Crippen LogP contribution in [0.25, 0.3) is 0 Å². The summed E-state index contributed by atoms with van der Waals surface area (Å²) in [6, 6.07) is 11.7. The van der Waals surface area contributed by atoms with E-state index in [0.29, 0.717) is 24.3 Å². The van der Waals surface area contributed by atoms with Crippen LogP contribution in [0.15, 0.2) is 47.4 Å². The molecule has 35 heavy (non-hydrogen) atoms. The van der Waals surface area contributed by atoms with Crippen molar-refractivity contribution in [2.75, 3.05) is 25.0 Å². The van der Waals surface area contributed by atoms with E-state index in [2.05, 4.69) is 52.9 Å². The summed E-state index contributed by atoms with van der Waals surface area (Å²) in [4.78, 5) is 25.3. The van der Waals surface area contributed by atoms with Gasteiger partial charge in [-0.25, -0.2) is 13.2 Å². The Hall–Kier alpha value is -2.71. The molecule has 0 radical (unpaired) electrons. The highest BCUT2D eigenvalue weighted by Crippen LogP contribution is 2.30. The Kier molecular flexibility index (Phi) is 8.89. The van der Waals surface area contributed by atoms with Gasteiger partial charge in [0, 0.05) is 18.8 Å². The van der Waals surface area contributed by atoms with Crippen molar-refractivity contribution < 1.29 is 22.7 Å². The van der Waals surface area contributed by atoms with E-state index in [1.807, 2.05) is 0 Å². The minimum Gasteiger partial charge on any atom is -0.452 e. The Morgan fingerprint density at radius 1 is 0.886 bits per heavy atom. The molecule has 192 valence electrons. The first-order valence-corrected chi connectivity index (χ1v) is 13.3. The van der Waals surface area contributed by atoms with E-state index >= 15 is 0 Å². The molecule has 0 heterocycles. The minimum absolute atomic E-state index is 0.0877. The number of nitrogens with one attached hydrogen (secondary N) is 1. The standard InChI is InChI=1S/C27H38N2O5S/c1-9-29(10-2)35(32,33)23-13-11-12-22(17-23)28-24(30)18-34-25(31)19-14-20(26(3,4)5)16-21(15-19)27(6,7)8/h11-17H,9-10,18H2,1-8H3,(H,28,30). The third kappa shape index (κ3) is 7.39. The van der Waals surface area contributed by atoms with E-state index in [-0.39, 0.29) is 15.7 Å². The highest BCUT2D eigenvalue weighted by atomic mass is 32.2. The summed E-state index contributed by atoms with van der Waals surface area (Å²) in [5, 5.41) is 2.61. The van der Waals surface area contributed by atoms with Crippen molar-refractivity contribution in [1.29, 1.82) is 0 Å². The molecule has 0 atom stereocenters. The zero-order valence-electron chi connectivity index (χ0n) is 22.1. The minimum atomic E-state index is -3.66. The van der Waals surface area contributed by atoms with Crippen molar-refractivity contribution >= 4 is 27.6 Å². The van der Waals surface area contributed by atoms with Gasteiger partial charge in [0.1, 0.15) is 0 Å². The predicted octanol–water partition coefficient (Wildman–Crippen LogP) is 5.11. The third-order valence-corrected chi connectivity index (χ3v) is 7.74. The zero-order valence-corrected chi connectivity index (χ0v) is 22.9. The molecular weight excluding hydrogens is 464 g/mol. The average molecular weight is 503 g/mol. The number of nitrogens with zero attached hydrogens (tertiary/aromatic N) is 1.